The van der Waals surface area contributed by atoms with E-state index >= 15 is 0 Å². The van der Waals surface area contributed by atoms with Crippen molar-refractivity contribution in [3.05, 3.63) is 21.9 Å². The van der Waals surface area contributed by atoms with Gasteiger partial charge in [-0.3, -0.25) is 14.5 Å². The number of hydrogen-bond donors (Lipinski definition) is 0. The van der Waals surface area contributed by atoms with Gasteiger partial charge in [-0.2, -0.15) is 0 Å². The van der Waals surface area contributed by atoms with E-state index in [2.05, 4.69) is 18.4 Å². The van der Waals surface area contributed by atoms with Crippen molar-refractivity contribution in [3.63, 3.8) is 0 Å². The summed E-state index contributed by atoms with van der Waals surface area (Å²) in [6.07, 6.45) is 2.72. The maximum absolute atomic E-state index is 12.6. The number of imide groups is 1. The number of carbonyl (C=O) groups is 3. The zero-order chi connectivity index (χ0) is 17.3. The molecule has 1 aromatic heterocycles. The van der Waals surface area contributed by atoms with Gasteiger partial charge in [-0.25, -0.2) is 4.79 Å². The first-order valence-electron chi connectivity index (χ1n) is 8.44. The van der Waals surface area contributed by atoms with Crippen molar-refractivity contribution in [1.82, 2.24) is 14.7 Å². The highest BCUT2D eigenvalue weighted by molar-refractivity contribution is 7.10. The first-order valence-corrected chi connectivity index (χ1v) is 9.32. The molecule has 3 heterocycles. The smallest absolute Gasteiger partial charge is 0.326 e. The Kier molecular flexibility index (Phi) is 4.89. The molecule has 1 fully saturated rings. The number of fused-ring (bicyclic) bond motifs is 1. The lowest BCUT2D eigenvalue weighted by molar-refractivity contribution is -0.134. The number of carbonyl (C=O) groups excluding carboxylic acids is 3. The number of urea groups is 1. The van der Waals surface area contributed by atoms with Crippen molar-refractivity contribution in [2.45, 2.75) is 38.6 Å². The van der Waals surface area contributed by atoms with Crippen LogP contribution in [0.3, 0.4) is 0 Å². The van der Waals surface area contributed by atoms with Crippen molar-refractivity contribution in [2.75, 3.05) is 26.7 Å². The van der Waals surface area contributed by atoms with E-state index in [0.29, 0.717) is 19.4 Å². The Morgan fingerprint density at radius 2 is 2.17 bits per heavy atom. The second-order valence-electron chi connectivity index (χ2n) is 6.35. The molecule has 1 atom stereocenters. The van der Waals surface area contributed by atoms with Gasteiger partial charge in [-0.05, 0) is 36.3 Å². The Balaban J connectivity index is 1.56. The van der Waals surface area contributed by atoms with Gasteiger partial charge in [0.15, 0.2) is 0 Å². The molecule has 4 amide bonds. The second kappa shape index (κ2) is 6.93. The lowest BCUT2D eigenvalue weighted by Gasteiger charge is -2.35. The van der Waals surface area contributed by atoms with E-state index in [-0.39, 0.29) is 30.4 Å². The van der Waals surface area contributed by atoms with Gasteiger partial charge < -0.3 is 9.80 Å². The molecule has 0 aromatic carbocycles. The Hall–Kier alpha value is -1.89. The highest BCUT2D eigenvalue weighted by Crippen LogP contribution is 2.35. The third kappa shape index (κ3) is 3.05. The van der Waals surface area contributed by atoms with Gasteiger partial charge in [0, 0.05) is 31.4 Å². The third-order valence-corrected chi connectivity index (χ3v) is 5.80. The van der Waals surface area contributed by atoms with E-state index in [9.17, 15) is 14.4 Å². The van der Waals surface area contributed by atoms with E-state index in [0.717, 1.165) is 19.4 Å². The fraction of sp³-hybridized carbons (Fsp3) is 0.588. The van der Waals surface area contributed by atoms with Gasteiger partial charge >= 0.3 is 6.03 Å². The van der Waals surface area contributed by atoms with Crippen molar-refractivity contribution in [3.8, 4) is 0 Å². The van der Waals surface area contributed by atoms with Crippen LogP contribution < -0.4 is 0 Å². The summed E-state index contributed by atoms with van der Waals surface area (Å²) in [6, 6.07) is 2.03. The molecular weight excluding hydrogens is 326 g/mol. The molecule has 2 aliphatic rings. The van der Waals surface area contributed by atoms with E-state index in [1.54, 1.807) is 18.4 Å². The lowest BCUT2D eigenvalue weighted by Crippen LogP contribution is -2.40. The zero-order valence-electron chi connectivity index (χ0n) is 14.2. The van der Waals surface area contributed by atoms with Crippen LogP contribution in [-0.2, 0) is 16.0 Å². The van der Waals surface area contributed by atoms with Gasteiger partial charge in [0.1, 0.15) is 6.54 Å². The molecular formula is C17H23N3O3S. The van der Waals surface area contributed by atoms with Gasteiger partial charge in [-0.15, -0.1) is 11.3 Å². The molecule has 0 bridgehead atoms. The van der Waals surface area contributed by atoms with E-state index < -0.39 is 0 Å². The van der Waals surface area contributed by atoms with Crippen LogP contribution in [0.4, 0.5) is 4.79 Å². The van der Waals surface area contributed by atoms with E-state index in [4.69, 9.17) is 0 Å². The average Bonchev–Trinajstić information content (AvgIpc) is 3.13. The van der Waals surface area contributed by atoms with Crippen LogP contribution in [0.25, 0.3) is 0 Å². The summed E-state index contributed by atoms with van der Waals surface area (Å²) >= 11 is 1.77. The standard InChI is InChI=1S/C17H23N3O3S/c1-3-13-12-7-10-24-14(12)6-9-19(13)15(21)5-4-8-20-16(22)11-18(2)17(20)23/h7,10,13H,3-6,8-9,11H2,1-2H3. The molecule has 0 aliphatic carbocycles. The minimum Gasteiger partial charge on any atom is -0.335 e. The molecule has 0 radical (unpaired) electrons. The van der Waals surface area contributed by atoms with Gasteiger partial charge in [0.05, 0.1) is 6.04 Å². The number of nitrogens with zero attached hydrogens (tertiary/aromatic N) is 3. The molecule has 0 spiro atoms. The van der Waals surface area contributed by atoms with E-state index in [1.165, 1.54) is 20.2 Å². The van der Waals surface area contributed by atoms with Crippen LogP contribution in [0.2, 0.25) is 0 Å². The number of amides is 4. The van der Waals surface area contributed by atoms with Crippen LogP contribution in [0.1, 0.15) is 42.7 Å². The quantitative estimate of drug-likeness (QED) is 0.766. The van der Waals surface area contributed by atoms with Crippen LogP contribution in [0.5, 0.6) is 0 Å². The number of likely N-dealkylation sites (N-methyl/N-ethyl adjacent to an activating group) is 1. The van der Waals surface area contributed by atoms with Gasteiger partial charge in [0.25, 0.3) is 0 Å². The van der Waals surface area contributed by atoms with Crippen LogP contribution in [0, 0.1) is 0 Å². The summed E-state index contributed by atoms with van der Waals surface area (Å²) in [5, 5.41) is 2.10. The minimum atomic E-state index is -0.264. The fourth-order valence-electron chi connectivity index (χ4n) is 3.56. The summed E-state index contributed by atoms with van der Waals surface area (Å²) in [6.45, 7) is 3.32. The zero-order valence-corrected chi connectivity index (χ0v) is 15.0. The van der Waals surface area contributed by atoms with Crippen LogP contribution in [0.15, 0.2) is 11.4 Å². The maximum atomic E-state index is 12.6. The average molecular weight is 349 g/mol. The van der Waals surface area contributed by atoms with Crippen molar-refractivity contribution in [1.29, 1.82) is 0 Å². The summed E-state index contributed by atoms with van der Waals surface area (Å²) < 4.78 is 0. The Morgan fingerprint density at radius 3 is 2.83 bits per heavy atom. The molecule has 130 valence electrons. The maximum Gasteiger partial charge on any atom is 0.326 e. The van der Waals surface area contributed by atoms with Crippen LogP contribution >= 0.6 is 11.3 Å². The Bertz CT molecular complexity index is 657. The first-order chi connectivity index (χ1) is 11.5. The largest absolute Gasteiger partial charge is 0.335 e. The van der Waals surface area contributed by atoms with Gasteiger partial charge in [0.2, 0.25) is 11.8 Å². The molecule has 3 rings (SSSR count). The molecule has 2 aliphatic heterocycles. The Labute approximate surface area is 146 Å². The molecule has 0 saturated carbocycles. The summed E-state index contributed by atoms with van der Waals surface area (Å²) in [5.41, 5.74) is 1.29. The molecule has 1 saturated heterocycles. The monoisotopic (exact) mass is 349 g/mol. The normalized spacial score (nSPS) is 20.8. The fourth-order valence-corrected chi connectivity index (χ4v) is 4.48. The van der Waals surface area contributed by atoms with Crippen molar-refractivity contribution < 1.29 is 14.4 Å². The van der Waals surface area contributed by atoms with Gasteiger partial charge in [-0.1, -0.05) is 6.92 Å². The molecule has 0 N–H and O–H groups in total. The highest BCUT2D eigenvalue weighted by Gasteiger charge is 2.34. The second-order valence-corrected chi connectivity index (χ2v) is 7.35. The number of thiophene rings is 1. The highest BCUT2D eigenvalue weighted by atomic mass is 32.1. The predicted octanol–water partition coefficient (Wildman–Crippen LogP) is 2.26. The molecule has 1 aromatic rings. The minimum absolute atomic E-state index is 0.117. The SMILES string of the molecule is CCC1c2ccsc2CCN1C(=O)CCCN1C(=O)CN(C)C1=O. The predicted molar refractivity (Wildman–Crippen MR) is 91.7 cm³/mol. The number of hydrogen-bond acceptors (Lipinski definition) is 4. The number of rotatable bonds is 5. The molecule has 7 heteroatoms. The first kappa shape index (κ1) is 17.0. The summed E-state index contributed by atoms with van der Waals surface area (Å²) in [4.78, 5) is 42.2. The Morgan fingerprint density at radius 1 is 1.38 bits per heavy atom. The lowest BCUT2D eigenvalue weighted by atomic mass is 9.97. The molecule has 6 nitrogen and oxygen atoms in total. The molecule has 24 heavy (non-hydrogen) atoms. The third-order valence-electron chi connectivity index (χ3n) is 4.81. The summed E-state index contributed by atoms with van der Waals surface area (Å²) in [5.74, 6) is -0.0616. The summed E-state index contributed by atoms with van der Waals surface area (Å²) in [7, 11) is 1.61. The topological polar surface area (TPSA) is 60.9 Å². The van der Waals surface area contributed by atoms with Crippen molar-refractivity contribution >= 4 is 29.2 Å². The van der Waals surface area contributed by atoms with E-state index in [1.807, 2.05) is 4.90 Å². The van der Waals surface area contributed by atoms with Crippen LogP contribution in [-0.4, -0.2) is 59.2 Å². The van der Waals surface area contributed by atoms with Crippen molar-refractivity contribution in [2.24, 2.45) is 0 Å². The molecule has 1 unspecified atom stereocenters.